The van der Waals surface area contributed by atoms with E-state index in [2.05, 4.69) is 53.8 Å². The highest BCUT2D eigenvalue weighted by Crippen LogP contribution is 2.15. The number of aromatic nitrogens is 2. The molecule has 7 nitrogen and oxygen atoms in total. The fraction of sp³-hybridized carbons (Fsp3) is 0.450. The summed E-state index contributed by atoms with van der Waals surface area (Å²) >= 11 is 0. The van der Waals surface area contributed by atoms with Gasteiger partial charge in [0.05, 0.1) is 12.6 Å². The smallest absolute Gasteiger partial charge is 0.271 e. The molecule has 0 bridgehead atoms. The summed E-state index contributed by atoms with van der Waals surface area (Å²) in [4.78, 5) is 24.2. The maximum atomic E-state index is 12.3. The van der Waals surface area contributed by atoms with E-state index in [-0.39, 0.29) is 30.6 Å². The molecule has 2 amide bonds. The number of fused-ring (bicyclic) bond motifs is 1. The van der Waals surface area contributed by atoms with Crippen molar-refractivity contribution in [1.82, 2.24) is 20.4 Å². The second kappa shape index (κ2) is 8.35. The number of aliphatic hydroxyl groups excluding tert-OH is 1. The van der Waals surface area contributed by atoms with E-state index in [0.717, 1.165) is 12.8 Å². The number of rotatable bonds is 6. The van der Waals surface area contributed by atoms with Crippen LogP contribution < -0.4 is 10.6 Å². The van der Waals surface area contributed by atoms with E-state index in [1.165, 1.54) is 21.9 Å². The molecule has 0 aliphatic carbocycles. The first-order valence-electron chi connectivity index (χ1n) is 9.35. The van der Waals surface area contributed by atoms with Gasteiger partial charge in [-0.2, -0.15) is 5.10 Å². The van der Waals surface area contributed by atoms with E-state index in [0.29, 0.717) is 18.2 Å². The highest BCUT2D eigenvalue weighted by atomic mass is 16.3. The second-order valence-electron chi connectivity index (χ2n) is 7.22. The molecule has 0 spiro atoms. The zero-order valence-electron chi connectivity index (χ0n) is 15.7. The van der Waals surface area contributed by atoms with Gasteiger partial charge >= 0.3 is 0 Å². The Balaban J connectivity index is 1.50. The maximum absolute atomic E-state index is 12.3. The Hall–Kier alpha value is -2.67. The van der Waals surface area contributed by atoms with Gasteiger partial charge in [-0.3, -0.25) is 14.3 Å². The summed E-state index contributed by atoms with van der Waals surface area (Å²) in [5, 5.41) is 19.4. The van der Waals surface area contributed by atoms with Crippen molar-refractivity contribution in [2.45, 2.75) is 45.3 Å². The van der Waals surface area contributed by atoms with Crippen LogP contribution in [0.2, 0.25) is 0 Å². The molecule has 0 saturated heterocycles. The number of benzene rings is 1. The quantitative estimate of drug-likeness (QED) is 0.671. The number of aryl methyl sites for hydroxylation is 1. The lowest BCUT2D eigenvalue weighted by molar-refractivity contribution is 0.0931. The number of carbonyl (C=O) groups is 2. The summed E-state index contributed by atoms with van der Waals surface area (Å²) in [5.74, 6) is -0.123. The van der Waals surface area contributed by atoms with Crippen molar-refractivity contribution in [3.63, 3.8) is 0 Å². The van der Waals surface area contributed by atoms with Crippen molar-refractivity contribution < 1.29 is 14.7 Å². The molecule has 0 radical (unpaired) electrons. The number of nitrogens with zero attached hydrogens (tertiary/aromatic N) is 2. The first kappa shape index (κ1) is 19.1. The van der Waals surface area contributed by atoms with E-state index in [4.69, 9.17) is 0 Å². The molecule has 3 N–H and O–H groups in total. The molecule has 1 aliphatic rings. The number of nitrogens with one attached hydrogen (secondary N) is 2. The van der Waals surface area contributed by atoms with Crippen LogP contribution in [-0.4, -0.2) is 45.9 Å². The molecular formula is C20H26N4O3. The molecule has 1 aliphatic heterocycles. The summed E-state index contributed by atoms with van der Waals surface area (Å²) in [6.45, 7) is 5.24. The number of aliphatic hydroxyl groups is 1. The Morgan fingerprint density at radius 1 is 1.37 bits per heavy atom. The zero-order valence-corrected chi connectivity index (χ0v) is 15.7. The Labute approximate surface area is 158 Å². The van der Waals surface area contributed by atoms with E-state index in [1.807, 2.05) is 0 Å². The van der Waals surface area contributed by atoms with E-state index in [1.54, 1.807) is 0 Å². The monoisotopic (exact) mass is 370 g/mol. The van der Waals surface area contributed by atoms with E-state index < -0.39 is 6.10 Å². The first-order chi connectivity index (χ1) is 12.9. The third-order valence-electron chi connectivity index (χ3n) is 4.70. The fourth-order valence-corrected chi connectivity index (χ4v) is 3.07. The number of hydrogen-bond acceptors (Lipinski definition) is 4. The highest BCUT2D eigenvalue weighted by Gasteiger charge is 2.24. The van der Waals surface area contributed by atoms with Crippen molar-refractivity contribution in [1.29, 1.82) is 0 Å². The minimum atomic E-state index is -0.715. The van der Waals surface area contributed by atoms with E-state index in [9.17, 15) is 14.7 Å². The van der Waals surface area contributed by atoms with Crippen molar-refractivity contribution >= 4 is 11.8 Å². The molecular weight excluding hydrogens is 344 g/mol. The van der Waals surface area contributed by atoms with Crippen LogP contribution in [0, 0.1) is 0 Å². The van der Waals surface area contributed by atoms with Gasteiger partial charge in [0.15, 0.2) is 5.69 Å². The molecule has 1 aromatic heterocycles. The minimum absolute atomic E-state index is 0.182. The minimum Gasteiger partial charge on any atom is -0.389 e. The van der Waals surface area contributed by atoms with Crippen molar-refractivity contribution in [3.8, 4) is 0 Å². The Morgan fingerprint density at radius 2 is 2.11 bits per heavy atom. The van der Waals surface area contributed by atoms with Gasteiger partial charge in [-0.25, -0.2) is 0 Å². The van der Waals surface area contributed by atoms with Crippen LogP contribution in [0.1, 0.15) is 58.3 Å². The van der Waals surface area contributed by atoms with Crippen molar-refractivity contribution in [3.05, 3.63) is 52.8 Å². The Morgan fingerprint density at radius 3 is 2.81 bits per heavy atom. The molecule has 0 fully saturated rings. The molecule has 7 heteroatoms. The zero-order chi connectivity index (χ0) is 19.4. The lowest BCUT2D eigenvalue weighted by Crippen LogP contribution is -2.30. The fourth-order valence-electron chi connectivity index (χ4n) is 3.07. The van der Waals surface area contributed by atoms with Crippen LogP contribution >= 0.6 is 0 Å². The van der Waals surface area contributed by atoms with Gasteiger partial charge in [-0.15, -0.1) is 0 Å². The lowest BCUT2D eigenvalue weighted by Gasteiger charge is -2.08. The number of carbonyl (C=O) groups excluding carboxylic acids is 2. The van der Waals surface area contributed by atoms with Crippen LogP contribution in [0.3, 0.4) is 0 Å². The molecule has 1 aromatic carbocycles. The molecule has 3 rings (SSSR count). The number of β-amino-alcohol motifs (C(OH)–C–C–N with tert-alkyl or cyclic N) is 1. The molecule has 0 unspecified atom stereocenters. The van der Waals surface area contributed by atoms with Gasteiger partial charge < -0.3 is 15.7 Å². The van der Waals surface area contributed by atoms with Crippen LogP contribution in [0.15, 0.2) is 30.3 Å². The maximum Gasteiger partial charge on any atom is 0.271 e. The third-order valence-corrected chi connectivity index (χ3v) is 4.70. The average Bonchev–Trinajstić information content (AvgIpc) is 3.02. The predicted octanol–water partition coefficient (Wildman–Crippen LogP) is 1.47. The number of amides is 2. The van der Waals surface area contributed by atoms with Gasteiger partial charge in [0.25, 0.3) is 11.8 Å². The molecule has 2 heterocycles. The average molecular weight is 370 g/mol. The predicted molar refractivity (Wildman–Crippen MR) is 102 cm³/mol. The topological polar surface area (TPSA) is 96.2 Å². The summed E-state index contributed by atoms with van der Waals surface area (Å²) in [5.41, 5.74) is 3.05. The Bertz CT molecular complexity index is 811. The molecule has 27 heavy (non-hydrogen) atoms. The molecule has 1 atom stereocenters. The van der Waals surface area contributed by atoms with Gasteiger partial charge in [0.2, 0.25) is 0 Å². The molecule has 2 aromatic rings. The van der Waals surface area contributed by atoms with Crippen LogP contribution in [0.5, 0.6) is 0 Å². The summed E-state index contributed by atoms with van der Waals surface area (Å²) in [6, 6.07) is 10.0. The molecule has 0 saturated carbocycles. The van der Waals surface area contributed by atoms with Crippen molar-refractivity contribution in [2.24, 2.45) is 0 Å². The first-order valence-corrected chi connectivity index (χ1v) is 9.35. The van der Waals surface area contributed by atoms with Crippen molar-refractivity contribution in [2.75, 3.05) is 13.1 Å². The summed E-state index contributed by atoms with van der Waals surface area (Å²) in [7, 11) is 0. The van der Waals surface area contributed by atoms with Gasteiger partial charge in [-0.1, -0.05) is 38.1 Å². The second-order valence-corrected chi connectivity index (χ2v) is 7.22. The van der Waals surface area contributed by atoms with E-state index >= 15 is 0 Å². The van der Waals surface area contributed by atoms with Crippen LogP contribution in [0.4, 0.5) is 0 Å². The normalized spacial score (nSPS) is 16.6. The van der Waals surface area contributed by atoms with Gasteiger partial charge in [0, 0.05) is 19.2 Å². The standard InChI is InChI=1S/C20H26N4O3/c1-13(2)15-7-5-14(6-8-15)4-3-9-21-19(26)17-10-18-20(27)22-11-16(25)12-24(18)23-17/h5-8,10,13,16,25H,3-4,9,11-12H2,1-2H3,(H,21,26)(H,22,27)/t16-/m0/s1. The SMILES string of the molecule is CC(C)c1ccc(CCCNC(=O)c2cc3n(n2)C[C@@H](O)CNC3=O)cc1. The largest absolute Gasteiger partial charge is 0.389 e. The Kier molecular flexibility index (Phi) is 5.91. The van der Waals surface area contributed by atoms with Crippen LogP contribution in [0.25, 0.3) is 0 Å². The van der Waals surface area contributed by atoms with Crippen LogP contribution in [-0.2, 0) is 13.0 Å². The summed E-state index contributed by atoms with van der Waals surface area (Å²) < 4.78 is 1.39. The van der Waals surface area contributed by atoms with Gasteiger partial charge in [0.1, 0.15) is 5.69 Å². The lowest BCUT2D eigenvalue weighted by atomic mass is 10.0. The molecule has 144 valence electrons. The number of hydrogen-bond donors (Lipinski definition) is 3. The van der Waals surface area contributed by atoms with Gasteiger partial charge in [-0.05, 0) is 29.9 Å². The summed E-state index contributed by atoms with van der Waals surface area (Å²) in [6.07, 6.45) is 0.986. The third kappa shape index (κ3) is 4.74. The highest BCUT2D eigenvalue weighted by molar-refractivity contribution is 5.98.